The molecule has 3 aromatic rings. The van der Waals surface area contributed by atoms with Crippen molar-refractivity contribution in [3.8, 4) is 5.75 Å². The predicted octanol–water partition coefficient (Wildman–Crippen LogP) is 1.00. The number of pyridine rings is 1. The fraction of sp³-hybridized carbons (Fsp3) is 0.424. The number of piperazine rings is 1. The summed E-state index contributed by atoms with van der Waals surface area (Å²) in [6, 6.07) is 0.0996. The number of ether oxygens (including phenoxy) is 2. The first kappa shape index (κ1) is 38.5. The van der Waals surface area contributed by atoms with Gasteiger partial charge in [-0.3, -0.25) is 19.3 Å². The lowest BCUT2D eigenvalue weighted by atomic mass is 10.0. The number of thioether (sulfide) groups is 1. The maximum absolute atomic E-state index is 15.0. The molecule has 4 aliphatic rings. The van der Waals surface area contributed by atoms with Crippen molar-refractivity contribution in [2.24, 2.45) is 5.16 Å². The van der Waals surface area contributed by atoms with Crippen molar-refractivity contribution in [3.63, 3.8) is 0 Å². The number of nitrogens with zero attached hydrogens (tertiary/aromatic N) is 6. The number of carbonyl (C=O) groups excluding carboxylic acids is 2. The summed E-state index contributed by atoms with van der Waals surface area (Å²) in [5.74, 6) is -3.58. The van der Waals surface area contributed by atoms with E-state index in [-0.39, 0.29) is 52.4 Å². The van der Waals surface area contributed by atoms with Crippen LogP contribution in [-0.4, -0.2) is 137 Å². The molecule has 0 aliphatic carbocycles. The number of β-lactam (4-membered cyclic amide) rings is 1. The summed E-state index contributed by atoms with van der Waals surface area (Å²) in [4.78, 5) is 74.8. The fourth-order valence-corrected chi connectivity index (χ4v) is 8.43. The van der Waals surface area contributed by atoms with Crippen molar-refractivity contribution in [1.29, 1.82) is 0 Å². The van der Waals surface area contributed by atoms with Gasteiger partial charge < -0.3 is 49.9 Å². The van der Waals surface area contributed by atoms with Crippen LogP contribution < -0.4 is 26.1 Å². The van der Waals surface area contributed by atoms with E-state index in [1.807, 2.05) is 18.9 Å². The summed E-state index contributed by atoms with van der Waals surface area (Å²) < 4.78 is 27.6. The lowest BCUT2D eigenvalue weighted by molar-refractivity contribution is -0.150. The lowest BCUT2D eigenvalue weighted by Gasteiger charge is -2.49. The van der Waals surface area contributed by atoms with E-state index in [1.165, 1.54) is 37.1 Å². The number of hydrogen-bond donors (Lipinski definition) is 4. The SMILES string of the molecule is CC1COc2c(N3CCN(C)CC3)c(F)cc3c(=O)c(C(=O)O)cn1c23.COCC1=C(C(=O)O)N2C(=O)[C@@H](NC(=O)/C(=N\OC)c3csc(N)n3)[C@H]2SC1. The molecule has 2 amide bonds. The van der Waals surface area contributed by atoms with Gasteiger partial charge in [-0.1, -0.05) is 5.16 Å². The molecule has 7 rings (SSSR count). The number of aromatic carboxylic acids is 1. The summed E-state index contributed by atoms with van der Waals surface area (Å²) in [6.45, 7) is 5.18. The number of amides is 2. The minimum absolute atomic E-state index is 0.0434. The average Bonchev–Trinajstić information content (AvgIpc) is 3.57. The number of aromatic nitrogens is 2. The van der Waals surface area contributed by atoms with Gasteiger partial charge in [-0.15, -0.1) is 23.1 Å². The molecule has 0 bridgehead atoms. The Morgan fingerprint density at radius 2 is 1.89 bits per heavy atom. The highest BCUT2D eigenvalue weighted by atomic mass is 32.2. The topological polar surface area (TPSA) is 231 Å². The molecule has 1 aromatic carbocycles. The second kappa shape index (κ2) is 15.6. The highest BCUT2D eigenvalue weighted by Crippen LogP contribution is 2.42. The number of hydrogen-bond acceptors (Lipinski definition) is 15. The van der Waals surface area contributed by atoms with Crippen molar-refractivity contribution >= 4 is 74.3 Å². The normalized spacial score (nSPS) is 21.1. The smallest absolute Gasteiger partial charge is 0.352 e. The lowest BCUT2D eigenvalue weighted by Crippen LogP contribution is -2.71. The number of nitrogens with two attached hydrogens (primary N) is 1. The molecule has 21 heteroatoms. The van der Waals surface area contributed by atoms with Crippen LogP contribution in [0.4, 0.5) is 15.2 Å². The molecular weight excluding hydrogens is 752 g/mol. The number of oxime groups is 1. The number of halogens is 1. The van der Waals surface area contributed by atoms with Crippen LogP contribution in [0.1, 0.15) is 29.0 Å². The zero-order chi connectivity index (χ0) is 39.0. The van der Waals surface area contributed by atoms with E-state index in [2.05, 4.69) is 20.4 Å². The van der Waals surface area contributed by atoms with Crippen LogP contribution in [0.5, 0.6) is 5.75 Å². The van der Waals surface area contributed by atoms with Gasteiger partial charge in [0.05, 0.1) is 23.6 Å². The van der Waals surface area contributed by atoms with Crippen molar-refractivity contribution in [2.75, 3.05) is 77.0 Å². The Kier molecular flexibility index (Phi) is 11.1. The van der Waals surface area contributed by atoms with E-state index in [4.69, 9.17) is 20.0 Å². The van der Waals surface area contributed by atoms with Crippen molar-refractivity contribution in [3.05, 3.63) is 56.2 Å². The molecule has 0 radical (unpaired) electrons. The van der Waals surface area contributed by atoms with E-state index in [0.717, 1.165) is 30.5 Å². The molecule has 5 N–H and O–H groups in total. The van der Waals surface area contributed by atoms with Crippen molar-refractivity contribution in [2.45, 2.75) is 24.4 Å². The van der Waals surface area contributed by atoms with Crippen LogP contribution >= 0.6 is 23.1 Å². The van der Waals surface area contributed by atoms with Gasteiger partial charge in [0.1, 0.15) is 47.8 Å². The van der Waals surface area contributed by atoms with Gasteiger partial charge in [0, 0.05) is 50.6 Å². The van der Waals surface area contributed by atoms with Crippen LogP contribution in [-0.2, 0) is 24.0 Å². The number of carboxylic acid groups (broad SMARTS) is 2. The molecular formula is C33H37FN8O10S2. The standard InChI is InChI=1S/C18H20FN3O4.C15H17N5O6S2/c1-10-9-26-17-14-11(16(23)12(18(24)25)8-22(10)14)7-13(19)15(17)21-5-3-20(2)4-6-21;1-25-3-6-4-27-13-9(12(22)20(13)10(6)14(23)24)18-11(21)8(19-26-2)7-5-28-15(16)17-7/h7-8,10H,3-6,9H2,1-2H3,(H,24,25);5,9,13H,3-4H2,1-2H3,(H2,16,17)(H,18,21)(H,23,24)/b;19-8-/t;9-,13-/m.1/s1. The van der Waals surface area contributed by atoms with Gasteiger partial charge in [0.25, 0.3) is 11.8 Å². The Labute approximate surface area is 314 Å². The fourth-order valence-electron chi connectivity index (χ4n) is 6.56. The molecule has 18 nitrogen and oxygen atoms in total. The number of rotatable bonds is 9. The molecule has 2 aromatic heterocycles. The third-order valence-electron chi connectivity index (χ3n) is 9.21. The summed E-state index contributed by atoms with van der Waals surface area (Å²) in [5, 5.41) is 26.4. The molecule has 2 fully saturated rings. The molecule has 288 valence electrons. The van der Waals surface area contributed by atoms with Gasteiger partial charge >= 0.3 is 11.9 Å². The minimum atomic E-state index is -1.32. The monoisotopic (exact) mass is 788 g/mol. The van der Waals surface area contributed by atoms with Gasteiger partial charge in [0.15, 0.2) is 22.4 Å². The largest absolute Gasteiger partial charge is 0.487 e. The molecule has 0 saturated carbocycles. The summed E-state index contributed by atoms with van der Waals surface area (Å²) in [7, 11) is 4.74. The quantitative estimate of drug-likeness (QED) is 0.135. The minimum Gasteiger partial charge on any atom is -0.487 e. The first-order valence-corrected chi connectivity index (χ1v) is 18.4. The Morgan fingerprint density at radius 3 is 2.50 bits per heavy atom. The van der Waals surface area contributed by atoms with Gasteiger partial charge in [0.2, 0.25) is 5.43 Å². The number of carboxylic acids is 2. The maximum atomic E-state index is 15.0. The first-order valence-electron chi connectivity index (χ1n) is 16.5. The highest BCUT2D eigenvalue weighted by Gasteiger charge is 2.54. The van der Waals surface area contributed by atoms with E-state index >= 15 is 0 Å². The van der Waals surface area contributed by atoms with E-state index < -0.39 is 46.4 Å². The first-order chi connectivity index (χ1) is 25.8. The Hall–Kier alpha value is -5.25. The zero-order valence-corrected chi connectivity index (χ0v) is 31.2. The van der Waals surface area contributed by atoms with Crippen LogP contribution in [0, 0.1) is 5.82 Å². The van der Waals surface area contributed by atoms with Gasteiger partial charge in [-0.05, 0) is 25.6 Å². The third kappa shape index (κ3) is 7.06. The highest BCUT2D eigenvalue weighted by molar-refractivity contribution is 8.00. The van der Waals surface area contributed by atoms with Crippen molar-refractivity contribution in [1.82, 2.24) is 24.7 Å². The van der Waals surface area contributed by atoms with Crippen LogP contribution in [0.2, 0.25) is 0 Å². The number of thiazole rings is 1. The number of anilines is 2. The predicted molar refractivity (Wildman–Crippen MR) is 197 cm³/mol. The molecule has 0 spiro atoms. The molecule has 1 unspecified atom stereocenters. The van der Waals surface area contributed by atoms with Crippen LogP contribution in [0.15, 0.2) is 38.9 Å². The average molecular weight is 789 g/mol. The number of methoxy groups -OCH3 is 1. The second-order valence-corrected chi connectivity index (χ2v) is 14.7. The Bertz CT molecular complexity index is 2150. The number of carbonyl (C=O) groups is 4. The summed E-state index contributed by atoms with van der Waals surface area (Å²) >= 11 is 2.47. The summed E-state index contributed by atoms with van der Waals surface area (Å²) in [5.41, 5.74) is 5.86. The molecule has 54 heavy (non-hydrogen) atoms. The van der Waals surface area contributed by atoms with Crippen LogP contribution in [0.3, 0.4) is 0 Å². The zero-order valence-electron chi connectivity index (χ0n) is 29.5. The number of nitrogen functional groups attached to an aromatic ring is 1. The number of nitrogens with one attached hydrogen (secondary N) is 1. The molecule has 6 heterocycles. The molecule has 2 saturated heterocycles. The Balaban J connectivity index is 0.000000185. The maximum Gasteiger partial charge on any atom is 0.352 e. The number of aliphatic carboxylic acids is 1. The third-order valence-corrected chi connectivity index (χ3v) is 11.2. The van der Waals surface area contributed by atoms with E-state index in [9.17, 15) is 38.6 Å². The second-order valence-electron chi connectivity index (χ2n) is 12.7. The molecule has 4 aliphatic heterocycles. The van der Waals surface area contributed by atoms with Gasteiger partial charge in [-0.25, -0.2) is 19.0 Å². The van der Waals surface area contributed by atoms with E-state index in [0.29, 0.717) is 41.4 Å². The summed E-state index contributed by atoms with van der Waals surface area (Å²) in [6.07, 6.45) is 1.34. The van der Waals surface area contributed by atoms with Crippen molar-refractivity contribution < 1.29 is 48.1 Å². The molecule has 3 atom stereocenters. The van der Waals surface area contributed by atoms with E-state index in [1.54, 1.807) is 9.95 Å². The Morgan fingerprint density at radius 1 is 1.17 bits per heavy atom. The van der Waals surface area contributed by atoms with Gasteiger partial charge in [-0.2, -0.15) is 0 Å². The van der Waals surface area contributed by atoms with Crippen LogP contribution in [0.25, 0.3) is 10.9 Å². The number of fused-ring (bicyclic) bond motifs is 1. The number of benzene rings is 1. The number of likely N-dealkylation sites (N-methyl/N-ethyl adjacent to an activating group) is 1.